The van der Waals surface area contributed by atoms with Crippen LogP contribution in [-0.2, 0) is 11.3 Å². The standard InChI is InChI=1S/C16H18ClNO/c1-13(11-18-15-8-3-2-4-9-15)19-12-14-7-5-6-10-16(14)17/h2-10,13,18H,11-12H2,1H3. The van der Waals surface area contributed by atoms with Crippen molar-refractivity contribution in [3.05, 3.63) is 65.2 Å². The highest BCUT2D eigenvalue weighted by Gasteiger charge is 2.04. The molecular weight excluding hydrogens is 258 g/mol. The van der Waals surface area contributed by atoms with Crippen LogP contribution in [0.4, 0.5) is 5.69 Å². The van der Waals surface area contributed by atoms with Gasteiger partial charge in [-0.2, -0.15) is 0 Å². The lowest BCUT2D eigenvalue weighted by Gasteiger charge is -2.15. The van der Waals surface area contributed by atoms with E-state index >= 15 is 0 Å². The Morgan fingerprint density at radius 1 is 1.05 bits per heavy atom. The molecule has 2 nitrogen and oxygen atoms in total. The number of halogens is 1. The number of nitrogens with one attached hydrogen (secondary N) is 1. The van der Waals surface area contributed by atoms with Gasteiger partial charge in [0.25, 0.3) is 0 Å². The first-order valence-electron chi connectivity index (χ1n) is 6.39. The topological polar surface area (TPSA) is 21.3 Å². The number of para-hydroxylation sites is 1. The Kier molecular flexibility index (Phi) is 5.25. The molecule has 19 heavy (non-hydrogen) atoms. The van der Waals surface area contributed by atoms with Gasteiger partial charge < -0.3 is 10.1 Å². The summed E-state index contributed by atoms with van der Waals surface area (Å²) in [6.07, 6.45) is 0.122. The predicted molar refractivity (Wildman–Crippen MR) is 80.6 cm³/mol. The maximum atomic E-state index is 6.09. The third-order valence-corrected chi connectivity index (χ3v) is 3.22. The summed E-state index contributed by atoms with van der Waals surface area (Å²) in [6, 6.07) is 17.9. The highest BCUT2D eigenvalue weighted by Crippen LogP contribution is 2.16. The number of hydrogen-bond donors (Lipinski definition) is 1. The zero-order chi connectivity index (χ0) is 13.5. The van der Waals surface area contributed by atoms with Gasteiger partial charge in [0.05, 0.1) is 12.7 Å². The van der Waals surface area contributed by atoms with E-state index in [0.29, 0.717) is 6.61 Å². The second-order valence-corrected chi connectivity index (χ2v) is 4.87. The van der Waals surface area contributed by atoms with E-state index in [1.807, 2.05) is 61.5 Å². The van der Waals surface area contributed by atoms with Crippen LogP contribution in [0.3, 0.4) is 0 Å². The van der Waals surface area contributed by atoms with E-state index in [1.54, 1.807) is 0 Å². The van der Waals surface area contributed by atoms with Gasteiger partial charge in [-0.3, -0.25) is 0 Å². The molecule has 0 radical (unpaired) electrons. The second kappa shape index (κ2) is 7.17. The van der Waals surface area contributed by atoms with Crippen molar-refractivity contribution in [2.24, 2.45) is 0 Å². The monoisotopic (exact) mass is 275 g/mol. The fourth-order valence-corrected chi connectivity index (χ4v) is 1.91. The number of anilines is 1. The summed E-state index contributed by atoms with van der Waals surface area (Å²) in [5, 5.41) is 4.09. The lowest BCUT2D eigenvalue weighted by molar-refractivity contribution is 0.0617. The molecule has 0 aliphatic carbocycles. The summed E-state index contributed by atoms with van der Waals surface area (Å²) in [5.74, 6) is 0. The Labute approximate surface area is 119 Å². The van der Waals surface area contributed by atoms with Crippen molar-refractivity contribution in [2.75, 3.05) is 11.9 Å². The van der Waals surface area contributed by atoms with Crippen LogP contribution in [0, 0.1) is 0 Å². The van der Waals surface area contributed by atoms with Gasteiger partial charge in [0.15, 0.2) is 0 Å². The lowest BCUT2D eigenvalue weighted by atomic mass is 10.2. The van der Waals surface area contributed by atoms with Gasteiger partial charge in [-0.15, -0.1) is 0 Å². The third kappa shape index (κ3) is 4.58. The molecule has 0 aromatic heterocycles. The molecule has 0 saturated carbocycles. The highest BCUT2D eigenvalue weighted by atomic mass is 35.5. The van der Waals surface area contributed by atoms with Crippen molar-refractivity contribution in [1.82, 2.24) is 0 Å². The number of ether oxygens (including phenoxy) is 1. The lowest BCUT2D eigenvalue weighted by Crippen LogP contribution is -2.19. The van der Waals surface area contributed by atoms with E-state index in [2.05, 4.69) is 5.32 Å². The van der Waals surface area contributed by atoms with Gasteiger partial charge in [0.1, 0.15) is 0 Å². The molecule has 1 atom stereocenters. The van der Waals surface area contributed by atoms with Crippen LogP contribution in [-0.4, -0.2) is 12.6 Å². The SMILES string of the molecule is CC(CNc1ccccc1)OCc1ccccc1Cl. The number of benzene rings is 2. The Morgan fingerprint density at radius 2 is 1.74 bits per heavy atom. The summed E-state index contributed by atoms with van der Waals surface area (Å²) in [4.78, 5) is 0. The predicted octanol–water partition coefficient (Wildman–Crippen LogP) is 4.36. The third-order valence-electron chi connectivity index (χ3n) is 2.85. The first-order chi connectivity index (χ1) is 9.25. The van der Waals surface area contributed by atoms with Gasteiger partial charge in [0, 0.05) is 17.3 Å². The molecule has 1 N–H and O–H groups in total. The molecular formula is C16H18ClNO. The quantitative estimate of drug-likeness (QED) is 0.846. The van der Waals surface area contributed by atoms with E-state index in [4.69, 9.17) is 16.3 Å². The zero-order valence-electron chi connectivity index (χ0n) is 11.0. The molecule has 0 spiro atoms. The molecule has 2 rings (SSSR count). The Morgan fingerprint density at radius 3 is 2.47 bits per heavy atom. The number of hydrogen-bond acceptors (Lipinski definition) is 2. The summed E-state index contributed by atoms with van der Waals surface area (Å²) < 4.78 is 5.78. The van der Waals surface area contributed by atoms with Crippen molar-refractivity contribution in [1.29, 1.82) is 0 Å². The maximum absolute atomic E-state index is 6.09. The first kappa shape index (κ1) is 13.9. The molecule has 100 valence electrons. The molecule has 2 aromatic carbocycles. The van der Waals surface area contributed by atoms with Crippen LogP contribution in [0.1, 0.15) is 12.5 Å². The maximum Gasteiger partial charge on any atom is 0.0735 e. The smallest absolute Gasteiger partial charge is 0.0735 e. The van der Waals surface area contributed by atoms with Crippen LogP contribution >= 0.6 is 11.6 Å². The van der Waals surface area contributed by atoms with E-state index in [0.717, 1.165) is 22.8 Å². The minimum absolute atomic E-state index is 0.122. The Hall–Kier alpha value is -1.51. The molecule has 2 aromatic rings. The Balaban J connectivity index is 1.76. The van der Waals surface area contributed by atoms with Crippen molar-refractivity contribution < 1.29 is 4.74 Å². The van der Waals surface area contributed by atoms with Gasteiger partial charge in [0.2, 0.25) is 0 Å². The average molecular weight is 276 g/mol. The highest BCUT2D eigenvalue weighted by molar-refractivity contribution is 6.31. The van der Waals surface area contributed by atoms with Crippen LogP contribution in [0.15, 0.2) is 54.6 Å². The molecule has 0 amide bonds. The Bertz CT molecular complexity index is 501. The summed E-state index contributed by atoms with van der Waals surface area (Å²) in [5.41, 5.74) is 2.13. The van der Waals surface area contributed by atoms with E-state index in [1.165, 1.54) is 0 Å². The molecule has 0 aliphatic heterocycles. The summed E-state index contributed by atoms with van der Waals surface area (Å²) in [6.45, 7) is 3.36. The molecule has 0 saturated heterocycles. The van der Waals surface area contributed by atoms with Crippen molar-refractivity contribution in [3.8, 4) is 0 Å². The second-order valence-electron chi connectivity index (χ2n) is 4.46. The minimum atomic E-state index is 0.122. The zero-order valence-corrected chi connectivity index (χ0v) is 11.7. The van der Waals surface area contributed by atoms with Crippen LogP contribution in [0.5, 0.6) is 0 Å². The summed E-state index contributed by atoms with van der Waals surface area (Å²) in [7, 11) is 0. The molecule has 0 aliphatic rings. The van der Waals surface area contributed by atoms with Crippen molar-refractivity contribution in [3.63, 3.8) is 0 Å². The van der Waals surface area contributed by atoms with Gasteiger partial charge >= 0.3 is 0 Å². The minimum Gasteiger partial charge on any atom is -0.382 e. The molecule has 0 heterocycles. The fourth-order valence-electron chi connectivity index (χ4n) is 1.72. The van der Waals surface area contributed by atoms with Crippen LogP contribution in [0.25, 0.3) is 0 Å². The average Bonchev–Trinajstić information content (AvgIpc) is 2.45. The van der Waals surface area contributed by atoms with E-state index in [9.17, 15) is 0 Å². The van der Waals surface area contributed by atoms with Gasteiger partial charge in [-0.1, -0.05) is 48.0 Å². The van der Waals surface area contributed by atoms with Crippen molar-refractivity contribution >= 4 is 17.3 Å². The fraction of sp³-hybridized carbons (Fsp3) is 0.250. The molecule has 1 unspecified atom stereocenters. The molecule has 0 fully saturated rings. The van der Waals surface area contributed by atoms with Crippen LogP contribution in [0.2, 0.25) is 5.02 Å². The van der Waals surface area contributed by atoms with E-state index < -0.39 is 0 Å². The van der Waals surface area contributed by atoms with E-state index in [-0.39, 0.29) is 6.10 Å². The largest absolute Gasteiger partial charge is 0.382 e. The summed E-state index contributed by atoms with van der Waals surface area (Å²) >= 11 is 6.09. The normalized spacial score (nSPS) is 12.1. The number of rotatable bonds is 6. The van der Waals surface area contributed by atoms with Gasteiger partial charge in [-0.25, -0.2) is 0 Å². The molecule has 0 bridgehead atoms. The van der Waals surface area contributed by atoms with Gasteiger partial charge in [-0.05, 0) is 30.7 Å². The van der Waals surface area contributed by atoms with Crippen LogP contribution < -0.4 is 5.32 Å². The molecule has 3 heteroatoms. The van der Waals surface area contributed by atoms with Crippen molar-refractivity contribution in [2.45, 2.75) is 19.6 Å². The first-order valence-corrected chi connectivity index (χ1v) is 6.77.